The first-order chi connectivity index (χ1) is 7.20. The Balaban J connectivity index is 2.00. The zero-order valence-electron chi connectivity index (χ0n) is 9.62. The highest BCUT2D eigenvalue weighted by molar-refractivity contribution is 7.10. The molecule has 3 nitrogen and oxygen atoms in total. The third-order valence-electron chi connectivity index (χ3n) is 2.27. The molecule has 3 N–H and O–H groups in total. The predicted molar refractivity (Wildman–Crippen MR) is 68.2 cm³/mol. The second-order valence-electron chi connectivity index (χ2n) is 3.99. The molecule has 15 heavy (non-hydrogen) atoms. The molecule has 0 bridgehead atoms. The summed E-state index contributed by atoms with van der Waals surface area (Å²) in [5, 5.41) is 5.45. The first-order valence-corrected chi connectivity index (χ1v) is 6.25. The van der Waals surface area contributed by atoms with Crippen molar-refractivity contribution in [2.75, 3.05) is 32.9 Å². The van der Waals surface area contributed by atoms with E-state index in [4.69, 9.17) is 5.73 Å². The number of rotatable bonds is 7. The Kier molecular flexibility index (Phi) is 5.68. The molecule has 0 unspecified atom stereocenters. The Hall–Kier alpha value is -0.580. The molecule has 86 valence electrons. The summed E-state index contributed by atoms with van der Waals surface area (Å²) in [6.07, 6.45) is 2.48. The molecule has 0 aliphatic rings. The standard InChI is InChI=1S/C11H21N3S/c1-14(2)7-4-3-6-13-9-11-10(12)5-8-15-11/h5,8,13H,3-4,6-7,9,12H2,1-2H3. The summed E-state index contributed by atoms with van der Waals surface area (Å²) in [5.41, 5.74) is 6.70. The average Bonchev–Trinajstić information content (AvgIpc) is 2.57. The van der Waals surface area contributed by atoms with Crippen molar-refractivity contribution in [3.8, 4) is 0 Å². The summed E-state index contributed by atoms with van der Waals surface area (Å²) >= 11 is 1.72. The number of hydrogen-bond donors (Lipinski definition) is 2. The molecule has 1 rings (SSSR count). The average molecular weight is 227 g/mol. The van der Waals surface area contributed by atoms with E-state index in [1.54, 1.807) is 11.3 Å². The van der Waals surface area contributed by atoms with Crippen LogP contribution in [0.5, 0.6) is 0 Å². The number of nitrogen functional groups attached to an aromatic ring is 1. The molecule has 0 aromatic carbocycles. The molecule has 0 radical (unpaired) electrons. The van der Waals surface area contributed by atoms with Gasteiger partial charge in [0.05, 0.1) is 0 Å². The highest BCUT2D eigenvalue weighted by atomic mass is 32.1. The molecule has 0 aliphatic carbocycles. The van der Waals surface area contributed by atoms with Crippen molar-refractivity contribution in [2.45, 2.75) is 19.4 Å². The minimum atomic E-state index is 0.908. The Morgan fingerprint density at radius 3 is 2.80 bits per heavy atom. The molecule has 0 aliphatic heterocycles. The van der Waals surface area contributed by atoms with Crippen LogP contribution in [0.3, 0.4) is 0 Å². The Morgan fingerprint density at radius 1 is 1.40 bits per heavy atom. The van der Waals surface area contributed by atoms with Crippen LogP contribution in [0.1, 0.15) is 17.7 Å². The largest absolute Gasteiger partial charge is 0.398 e. The molecule has 0 saturated carbocycles. The Morgan fingerprint density at radius 2 is 2.20 bits per heavy atom. The highest BCUT2D eigenvalue weighted by Crippen LogP contribution is 2.17. The van der Waals surface area contributed by atoms with Crippen molar-refractivity contribution in [3.63, 3.8) is 0 Å². The van der Waals surface area contributed by atoms with Gasteiger partial charge in [-0.25, -0.2) is 0 Å². The SMILES string of the molecule is CN(C)CCCCNCc1sccc1N. The number of thiophene rings is 1. The van der Waals surface area contributed by atoms with E-state index < -0.39 is 0 Å². The summed E-state index contributed by atoms with van der Waals surface area (Å²) in [4.78, 5) is 3.47. The highest BCUT2D eigenvalue weighted by Gasteiger charge is 1.98. The second kappa shape index (κ2) is 6.82. The van der Waals surface area contributed by atoms with Crippen molar-refractivity contribution in [1.82, 2.24) is 10.2 Å². The van der Waals surface area contributed by atoms with Gasteiger partial charge in [0.15, 0.2) is 0 Å². The lowest BCUT2D eigenvalue weighted by Gasteiger charge is -2.09. The smallest absolute Gasteiger partial charge is 0.0468 e. The van der Waals surface area contributed by atoms with E-state index in [0.717, 1.165) is 18.8 Å². The Bertz CT molecular complexity index is 271. The van der Waals surface area contributed by atoms with E-state index in [1.165, 1.54) is 24.3 Å². The molecule has 0 fully saturated rings. The van der Waals surface area contributed by atoms with E-state index in [1.807, 2.05) is 11.4 Å². The van der Waals surface area contributed by atoms with E-state index in [0.29, 0.717) is 0 Å². The molecule has 4 heteroatoms. The maximum absolute atomic E-state index is 5.78. The van der Waals surface area contributed by atoms with Crippen molar-refractivity contribution >= 4 is 17.0 Å². The predicted octanol–water partition coefficient (Wildman–Crippen LogP) is 1.76. The lowest BCUT2D eigenvalue weighted by Crippen LogP contribution is -2.18. The van der Waals surface area contributed by atoms with Crippen molar-refractivity contribution in [2.24, 2.45) is 0 Å². The lowest BCUT2D eigenvalue weighted by molar-refractivity contribution is 0.392. The van der Waals surface area contributed by atoms with Gasteiger partial charge in [-0.1, -0.05) is 0 Å². The summed E-state index contributed by atoms with van der Waals surface area (Å²) in [6, 6.07) is 1.97. The molecule has 0 saturated heterocycles. The van der Waals surface area contributed by atoms with Gasteiger partial charge >= 0.3 is 0 Å². The Labute approximate surface area is 96.3 Å². The second-order valence-corrected chi connectivity index (χ2v) is 4.99. The van der Waals surface area contributed by atoms with Crippen molar-refractivity contribution in [1.29, 1.82) is 0 Å². The number of nitrogens with one attached hydrogen (secondary N) is 1. The zero-order valence-corrected chi connectivity index (χ0v) is 10.4. The molecule has 0 spiro atoms. The van der Waals surface area contributed by atoms with Crippen molar-refractivity contribution in [3.05, 3.63) is 16.3 Å². The van der Waals surface area contributed by atoms with Crippen LogP contribution < -0.4 is 11.1 Å². The number of unbranched alkanes of at least 4 members (excludes halogenated alkanes) is 1. The molecular formula is C11H21N3S. The van der Waals surface area contributed by atoms with Crippen LogP contribution in [-0.2, 0) is 6.54 Å². The fraction of sp³-hybridized carbons (Fsp3) is 0.636. The van der Waals surface area contributed by atoms with Crippen molar-refractivity contribution < 1.29 is 0 Å². The van der Waals surface area contributed by atoms with Crippen LogP contribution in [0.25, 0.3) is 0 Å². The minimum Gasteiger partial charge on any atom is -0.398 e. The first-order valence-electron chi connectivity index (χ1n) is 5.37. The van der Waals surface area contributed by atoms with Gasteiger partial charge in [-0.15, -0.1) is 11.3 Å². The fourth-order valence-electron chi connectivity index (χ4n) is 1.37. The number of anilines is 1. The van der Waals surface area contributed by atoms with Gasteiger partial charge in [0, 0.05) is 17.1 Å². The van der Waals surface area contributed by atoms with Crippen LogP contribution in [0, 0.1) is 0 Å². The van der Waals surface area contributed by atoms with Crippen LogP contribution in [0.4, 0.5) is 5.69 Å². The third-order valence-corrected chi connectivity index (χ3v) is 3.21. The molecule has 1 aromatic heterocycles. The van der Waals surface area contributed by atoms with E-state index >= 15 is 0 Å². The summed E-state index contributed by atoms with van der Waals surface area (Å²) in [6.45, 7) is 3.15. The van der Waals surface area contributed by atoms with E-state index in [-0.39, 0.29) is 0 Å². The van der Waals surface area contributed by atoms with Gasteiger partial charge in [-0.05, 0) is 51.5 Å². The van der Waals surface area contributed by atoms with Crippen LogP contribution >= 0.6 is 11.3 Å². The first kappa shape index (κ1) is 12.5. The fourth-order valence-corrected chi connectivity index (χ4v) is 2.14. The maximum atomic E-state index is 5.78. The normalized spacial score (nSPS) is 11.1. The third kappa shape index (κ3) is 5.16. The summed E-state index contributed by atoms with van der Waals surface area (Å²) in [7, 11) is 4.22. The van der Waals surface area contributed by atoms with Crippen LogP contribution in [0.2, 0.25) is 0 Å². The van der Waals surface area contributed by atoms with Gasteiger partial charge in [-0.3, -0.25) is 0 Å². The summed E-state index contributed by atoms with van der Waals surface area (Å²) < 4.78 is 0. The monoisotopic (exact) mass is 227 g/mol. The molecular weight excluding hydrogens is 206 g/mol. The van der Waals surface area contributed by atoms with E-state index in [9.17, 15) is 0 Å². The maximum Gasteiger partial charge on any atom is 0.0468 e. The topological polar surface area (TPSA) is 41.3 Å². The quantitative estimate of drug-likeness (QED) is 0.697. The molecule has 0 atom stereocenters. The van der Waals surface area contributed by atoms with Gasteiger partial charge in [0.25, 0.3) is 0 Å². The number of hydrogen-bond acceptors (Lipinski definition) is 4. The summed E-state index contributed by atoms with van der Waals surface area (Å²) in [5.74, 6) is 0. The van der Waals surface area contributed by atoms with Crippen LogP contribution in [0.15, 0.2) is 11.4 Å². The van der Waals surface area contributed by atoms with Gasteiger partial charge in [0.2, 0.25) is 0 Å². The van der Waals surface area contributed by atoms with E-state index in [2.05, 4.69) is 24.3 Å². The minimum absolute atomic E-state index is 0.908. The van der Waals surface area contributed by atoms with Gasteiger partial charge in [-0.2, -0.15) is 0 Å². The van der Waals surface area contributed by atoms with Crippen LogP contribution in [-0.4, -0.2) is 32.1 Å². The number of nitrogens with two attached hydrogens (primary N) is 1. The van der Waals surface area contributed by atoms with Gasteiger partial charge in [0.1, 0.15) is 0 Å². The zero-order chi connectivity index (χ0) is 11.1. The lowest BCUT2D eigenvalue weighted by atomic mass is 10.3. The molecule has 1 aromatic rings. The molecule has 0 amide bonds. The van der Waals surface area contributed by atoms with Gasteiger partial charge < -0.3 is 16.0 Å². The number of nitrogens with zero attached hydrogens (tertiary/aromatic N) is 1. The molecule has 1 heterocycles.